The maximum Gasteiger partial charge on any atom is 0.333 e. The Morgan fingerprint density at radius 2 is 1.72 bits per heavy atom. The first-order chi connectivity index (χ1) is 14.0. The Balaban J connectivity index is 2.00. The topological polar surface area (TPSA) is 65.0 Å². The predicted molar refractivity (Wildman–Crippen MR) is 114 cm³/mol. The Kier molecular flexibility index (Phi) is 9.41. The molecule has 1 N–H and O–H groups in total. The Morgan fingerprint density at radius 1 is 1.00 bits per heavy atom. The largest absolute Gasteiger partial charge is 0.491 e. The van der Waals surface area contributed by atoms with Crippen molar-refractivity contribution in [2.75, 3.05) is 33.5 Å². The number of rotatable bonds is 12. The van der Waals surface area contributed by atoms with Crippen molar-refractivity contribution in [2.24, 2.45) is 0 Å². The van der Waals surface area contributed by atoms with Crippen LogP contribution in [-0.2, 0) is 27.1 Å². The molecule has 156 valence electrons. The number of aliphatic hydroxyl groups excluding tert-OH is 1. The monoisotopic (exact) mass is 398 g/mol. The van der Waals surface area contributed by atoms with E-state index in [1.165, 1.54) is 5.56 Å². The SMILES string of the molecule is C=C(C)C(=O)OCCCc1ccc(-c2ccc(OCCO)c(CCOC)c2)cc1. The summed E-state index contributed by atoms with van der Waals surface area (Å²) in [4.78, 5) is 11.4. The van der Waals surface area contributed by atoms with Crippen LogP contribution in [0.1, 0.15) is 24.5 Å². The van der Waals surface area contributed by atoms with Crippen LogP contribution >= 0.6 is 0 Å². The molecule has 0 heterocycles. The number of aliphatic hydroxyl groups is 1. The number of methoxy groups -OCH3 is 1. The fourth-order valence-electron chi connectivity index (χ4n) is 2.89. The number of hydrogen-bond acceptors (Lipinski definition) is 5. The van der Waals surface area contributed by atoms with E-state index in [4.69, 9.17) is 19.3 Å². The molecule has 0 radical (unpaired) electrons. The highest BCUT2D eigenvalue weighted by Gasteiger charge is 2.08. The van der Waals surface area contributed by atoms with Crippen molar-refractivity contribution in [3.05, 3.63) is 65.7 Å². The minimum atomic E-state index is -0.337. The third kappa shape index (κ3) is 7.37. The molecule has 0 saturated carbocycles. The second-order valence-corrected chi connectivity index (χ2v) is 6.85. The molecule has 0 aliphatic rings. The van der Waals surface area contributed by atoms with E-state index in [1.807, 2.05) is 12.1 Å². The second-order valence-electron chi connectivity index (χ2n) is 6.85. The van der Waals surface area contributed by atoms with Gasteiger partial charge in [0.2, 0.25) is 0 Å². The van der Waals surface area contributed by atoms with Gasteiger partial charge < -0.3 is 19.3 Å². The molecular formula is C24H30O5. The van der Waals surface area contributed by atoms with Gasteiger partial charge in [0.05, 0.1) is 19.8 Å². The molecule has 0 bridgehead atoms. The first kappa shape index (κ1) is 22.7. The van der Waals surface area contributed by atoms with Crippen LogP contribution < -0.4 is 4.74 Å². The van der Waals surface area contributed by atoms with Gasteiger partial charge in [-0.1, -0.05) is 36.9 Å². The molecule has 2 aromatic carbocycles. The van der Waals surface area contributed by atoms with Crippen molar-refractivity contribution in [3.8, 4) is 16.9 Å². The number of benzene rings is 2. The van der Waals surface area contributed by atoms with Crippen molar-refractivity contribution in [3.63, 3.8) is 0 Å². The summed E-state index contributed by atoms with van der Waals surface area (Å²) < 4.78 is 16.0. The lowest BCUT2D eigenvalue weighted by Crippen LogP contribution is -2.06. The quantitative estimate of drug-likeness (QED) is 0.333. The van der Waals surface area contributed by atoms with Gasteiger partial charge in [0.15, 0.2) is 0 Å². The van der Waals surface area contributed by atoms with E-state index >= 15 is 0 Å². The number of carbonyl (C=O) groups is 1. The molecule has 0 saturated heterocycles. The molecule has 0 fully saturated rings. The summed E-state index contributed by atoms with van der Waals surface area (Å²) in [6.45, 7) is 6.48. The molecule has 0 spiro atoms. The minimum Gasteiger partial charge on any atom is -0.491 e. The van der Waals surface area contributed by atoms with Crippen molar-refractivity contribution in [2.45, 2.75) is 26.2 Å². The van der Waals surface area contributed by atoms with Gasteiger partial charge in [0.1, 0.15) is 12.4 Å². The molecule has 0 aliphatic carbocycles. The van der Waals surface area contributed by atoms with E-state index in [2.05, 4.69) is 36.9 Å². The Bertz CT molecular complexity index is 795. The number of esters is 1. The summed E-state index contributed by atoms with van der Waals surface area (Å²) in [5.74, 6) is 0.441. The molecule has 2 aromatic rings. The van der Waals surface area contributed by atoms with Crippen LogP contribution in [0.4, 0.5) is 0 Å². The molecule has 29 heavy (non-hydrogen) atoms. The molecule has 0 aliphatic heterocycles. The van der Waals surface area contributed by atoms with Crippen molar-refractivity contribution in [1.82, 2.24) is 0 Å². The zero-order chi connectivity index (χ0) is 21.1. The van der Waals surface area contributed by atoms with Crippen LogP contribution in [0.3, 0.4) is 0 Å². The van der Waals surface area contributed by atoms with Gasteiger partial charge in [0, 0.05) is 12.7 Å². The molecule has 5 heteroatoms. The summed E-state index contributed by atoms with van der Waals surface area (Å²) in [5.41, 5.74) is 4.90. The van der Waals surface area contributed by atoms with Gasteiger partial charge in [-0.3, -0.25) is 0 Å². The first-order valence-electron chi connectivity index (χ1n) is 9.82. The van der Waals surface area contributed by atoms with Gasteiger partial charge in [0.25, 0.3) is 0 Å². The average Bonchev–Trinajstić information content (AvgIpc) is 2.74. The van der Waals surface area contributed by atoms with Gasteiger partial charge in [-0.15, -0.1) is 0 Å². The highest BCUT2D eigenvalue weighted by molar-refractivity contribution is 5.86. The lowest BCUT2D eigenvalue weighted by molar-refractivity contribution is -0.139. The zero-order valence-electron chi connectivity index (χ0n) is 17.3. The van der Waals surface area contributed by atoms with Gasteiger partial charge in [-0.2, -0.15) is 0 Å². The summed E-state index contributed by atoms with van der Waals surface area (Å²) in [6, 6.07) is 14.5. The fourth-order valence-corrected chi connectivity index (χ4v) is 2.89. The number of carbonyl (C=O) groups excluding carboxylic acids is 1. The molecule has 0 unspecified atom stereocenters. The Morgan fingerprint density at radius 3 is 2.38 bits per heavy atom. The highest BCUT2D eigenvalue weighted by Crippen LogP contribution is 2.28. The van der Waals surface area contributed by atoms with Crippen LogP contribution in [0.5, 0.6) is 5.75 Å². The van der Waals surface area contributed by atoms with Gasteiger partial charge >= 0.3 is 5.97 Å². The Hall–Kier alpha value is -2.63. The summed E-state index contributed by atoms with van der Waals surface area (Å²) >= 11 is 0. The Labute approximate surface area is 172 Å². The van der Waals surface area contributed by atoms with Crippen LogP contribution in [0.25, 0.3) is 11.1 Å². The molecule has 0 amide bonds. The standard InChI is InChI=1S/C24H30O5/c1-18(2)24(26)29-14-4-5-19-6-8-20(9-7-19)21-10-11-23(28-16-13-25)22(17-21)12-15-27-3/h6-11,17,25H,1,4-5,12-16H2,2-3H3. The normalized spacial score (nSPS) is 10.6. The van der Waals surface area contributed by atoms with E-state index in [0.717, 1.165) is 41.7 Å². The van der Waals surface area contributed by atoms with E-state index < -0.39 is 0 Å². The van der Waals surface area contributed by atoms with Crippen molar-refractivity contribution >= 4 is 5.97 Å². The average molecular weight is 398 g/mol. The lowest BCUT2D eigenvalue weighted by atomic mass is 9.99. The van der Waals surface area contributed by atoms with Crippen LogP contribution in [0.2, 0.25) is 0 Å². The molecular weight excluding hydrogens is 368 g/mol. The van der Waals surface area contributed by atoms with E-state index in [0.29, 0.717) is 18.8 Å². The predicted octanol–water partition coefficient (Wildman–Crippen LogP) is 3.97. The third-order valence-corrected chi connectivity index (χ3v) is 4.46. The van der Waals surface area contributed by atoms with Gasteiger partial charge in [-0.25, -0.2) is 4.79 Å². The second kappa shape index (κ2) is 12.0. The van der Waals surface area contributed by atoms with Crippen molar-refractivity contribution in [1.29, 1.82) is 0 Å². The van der Waals surface area contributed by atoms with Crippen LogP contribution in [0.15, 0.2) is 54.6 Å². The highest BCUT2D eigenvalue weighted by atomic mass is 16.5. The fraction of sp³-hybridized carbons (Fsp3) is 0.375. The van der Waals surface area contributed by atoms with E-state index in [9.17, 15) is 4.79 Å². The summed E-state index contributed by atoms with van der Waals surface area (Å²) in [6.07, 6.45) is 2.36. The smallest absolute Gasteiger partial charge is 0.333 e. The summed E-state index contributed by atoms with van der Waals surface area (Å²) in [5, 5.41) is 9.00. The summed E-state index contributed by atoms with van der Waals surface area (Å²) in [7, 11) is 1.68. The number of aryl methyl sites for hydroxylation is 1. The van der Waals surface area contributed by atoms with E-state index in [1.54, 1.807) is 14.0 Å². The maximum absolute atomic E-state index is 11.4. The molecule has 0 atom stereocenters. The molecule has 2 rings (SSSR count). The van der Waals surface area contributed by atoms with Crippen LogP contribution in [-0.4, -0.2) is 44.6 Å². The van der Waals surface area contributed by atoms with Crippen molar-refractivity contribution < 1.29 is 24.1 Å². The minimum absolute atomic E-state index is 0.0146. The van der Waals surface area contributed by atoms with E-state index in [-0.39, 0.29) is 19.2 Å². The number of hydrogen-bond donors (Lipinski definition) is 1. The molecule has 5 nitrogen and oxygen atoms in total. The maximum atomic E-state index is 11.4. The molecule has 0 aromatic heterocycles. The van der Waals surface area contributed by atoms with Crippen LogP contribution in [0, 0.1) is 0 Å². The number of ether oxygens (including phenoxy) is 3. The third-order valence-electron chi connectivity index (χ3n) is 4.46. The van der Waals surface area contributed by atoms with Gasteiger partial charge in [-0.05, 0) is 60.6 Å². The first-order valence-corrected chi connectivity index (χ1v) is 9.82. The lowest BCUT2D eigenvalue weighted by Gasteiger charge is -2.13. The zero-order valence-corrected chi connectivity index (χ0v) is 17.3.